The fourth-order valence-corrected chi connectivity index (χ4v) is 1.25. The molecule has 2 aromatic rings. The Bertz CT molecular complexity index is 601. The second kappa shape index (κ2) is 3.53. The quantitative estimate of drug-likeness (QED) is 0.745. The molecule has 0 aliphatic carbocycles. The molecule has 0 saturated heterocycles. The van der Waals surface area contributed by atoms with Gasteiger partial charge in [-0.25, -0.2) is 9.18 Å². The molecule has 2 rings (SSSR count). The van der Waals surface area contributed by atoms with Gasteiger partial charge in [-0.3, -0.25) is 14.3 Å². The maximum Gasteiger partial charge on any atom is 0.333 e. The first-order valence-electron chi connectivity index (χ1n) is 4.25. The Morgan fingerprint density at radius 2 is 1.87 bits per heavy atom. The van der Waals surface area contributed by atoms with Crippen molar-refractivity contribution in [1.82, 2.24) is 9.55 Å². The van der Waals surface area contributed by atoms with Crippen LogP contribution in [0.3, 0.4) is 0 Å². The molecule has 0 saturated carbocycles. The molecular weight excluding hydrogens is 199 g/mol. The smallest absolute Gasteiger partial charge is 0.274 e. The fourth-order valence-electron chi connectivity index (χ4n) is 1.25. The van der Waals surface area contributed by atoms with Crippen LogP contribution in [0.25, 0.3) is 5.69 Å². The molecule has 0 amide bonds. The number of para-hydroxylation sites is 1. The van der Waals surface area contributed by atoms with Gasteiger partial charge in [-0.05, 0) is 12.1 Å². The lowest BCUT2D eigenvalue weighted by atomic mass is 10.3. The summed E-state index contributed by atoms with van der Waals surface area (Å²) in [6.45, 7) is 0. The average molecular weight is 206 g/mol. The summed E-state index contributed by atoms with van der Waals surface area (Å²) < 4.78 is 14.3. The topological polar surface area (TPSA) is 54.9 Å². The number of halogens is 1. The van der Waals surface area contributed by atoms with E-state index in [1.165, 1.54) is 24.4 Å². The van der Waals surface area contributed by atoms with Gasteiger partial charge in [-0.1, -0.05) is 12.1 Å². The summed E-state index contributed by atoms with van der Waals surface area (Å²) in [6, 6.07) is 6.99. The molecule has 1 aromatic heterocycles. The van der Waals surface area contributed by atoms with Crippen molar-refractivity contribution in [3.8, 4) is 5.69 Å². The maximum atomic E-state index is 13.3. The molecule has 0 bridgehead atoms. The highest BCUT2D eigenvalue weighted by Crippen LogP contribution is 2.08. The number of benzene rings is 1. The molecule has 0 radical (unpaired) electrons. The highest BCUT2D eigenvalue weighted by Gasteiger charge is 2.04. The normalized spacial score (nSPS) is 10.2. The molecule has 0 aliphatic heterocycles. The third-order valence-electron chi connectivity index (χ3n) is 1.94. The molecule has 1 heterocycles. The number of H-pyrrole nitrogens is 1. The SMILES string of the molecule is O=c1ccn(-c2ccccc2F)c(=O)[nH]1. The van der Waals surface area contributed by atoms with Gasteiger partial charge in [0.1, 0.15) is 5.82 Å². The minimum Gasteiger partial charge on any atom is -0.274 e. The van der Waals surface area contributed by atoms with E-state index in [0.717, 1.165) is 10.6 Å². The number of hydrogen-bond acceptors (Lipinski definition) is 2. The fraction of sp³-hybridized carbons (Fsp3) is 0. The molecule has 1 N–H and O–H groups in total. The molecule has 76 valence electrons. The van der Waals surface area contributed by atoms with Crippen molar-refractivity contribution in [3.63, 3.8) is 0 Å². The van der Waals surface area contributed by atoms with Crippen molar-refractivity contribution in [2.24, 2.45) is 0 Å². The van der Waals surface area contributed by atoms with Crippen LogP contribution in [0.2, 0.25) is 0 Å². The summed E-state index contributed by atoms with van der Waals surface area (Å²) in [7, 11) is 0. The van der Waals surface area contributed by atoms with Crippen LogP contribution < -0.4 is 11.2 Å². The maximum absolute atomic E-state index is 13.3. The van der Waals surface area contributed by atoms with Crippen LogP contribution in [0.4, 0.5) is 4.39 Å². The zero-order chi connectivity index (χ0) is 10.8. The Morgan fingerprint density at radius 1 is 1.13 bits per heavy atom. The first-order valence-corrected chi connectivity index (χ1v) is 4.25. The van der Waals surface area contributed by atoms with Crippen LogP contribution in [-0.2, 0) is 0 Å². The van der Waals surface area contributed by atoms with E-state index in [-0.39, 0.29) is 5.69 Å². The summed E-state index contributed by atoms with van der Waals surface area (Å²) in [5.41, 5.74) is -1.06. The van der Waals surface area contributed by atoms with Crippen LogP contribution in [0, 0.1) is 5.82 Å². The highest BCUT2D eigenvalue weighted by atomic mass is 19.1. The van der Waals surface area contributed by atoms with E-state index in [0.29, 0.717) is 0 Å². The van der Waals surface area contributed by atoms with Crippen molar-refractivity contribution in [2.75, 3.05) is 0 Å². The average Bonchev–Trinajstić information content (AvgIpc) is 2.20. The Balaban J connectivity index is 2.70. The van der Waals surface area contributed by atoms with E-state index in [4.69, 9.17) is 0 Å². The van der Waals surface area contributed by atoms with E-state index in [1.807, 2.05) is 4.98 Å². The summed E-state index contributed by atoms with van der Waals surface area (Å²) in [5, 5.41) is 0. The molecule has 0 aliphatic rings. The lowest BCUT2D eigenvalue weighted by Gasteiger charge is -2.04. The number of hydrogen-bond donors (Lipinski definition) is 1. The molecule has 0 atom stereocenters. The Morgan fingerprint density at radius 3 is 2.53 bits per heavy atom. The third kappa shape index (κ3) is 1.71. The summed E-state index contributed by atoms with van der Waals surface area (Å²) in [6.07, 6.45) is 1.24. The Kier molecular flexibility index (Phi) is 2.21. The lowest BCUT2D eigenvalue weighted by molar-refractivity contribution is 0.614. The second-order valence-corrected chi connectivity index (χ2v) is 2.93. The minimum absolute atomic E-state index is 0.110. The van der Waals surface area contributed by atoms with E-state index in [2.05, 4.69) is 0 Å². The van der Waals surface area contributed by atoms with Crippen LogP contribution in [0.15, 0.2) is 46.1 Å². The predicted molar refractivity (Wildman–Crippen MR) is 52.6 cm³/mol. The minimum atomic E-state index is -0.660. The van der Waals surface area contributed by atoms with Crippen molar-refractivity contribution >= 4 is 0 Å². The second-order valence-electron chi connectivity index (χ2n) is 2.93. The number of nitrogens with one attached hydrogen (secondary N) is 1. The number of nitrogens with zero attached hydrogens (tertiary/aromatic N) is 1. The summed E-state index contributed by atoms with van der Waals surface area (Å²) >= 11 is 0. The number of rotatable bonds is 1. The van der Waals surface area contributed by atoms with Gasteiger partial charge in [0.25, 0.3) is 5.56 Å². The zero-order valence-electron chi connectivity index (χ0n) is 7.61. The monoisotopic (exact) mass is 206 g/mol. The highest BCUT2D eigenvalue weighted by molar-refractivity contribution is 5.32. The summed E-state index contributed by atoms with van der Waals surface area (Å²) in [4.78, 5) is 24.2. The van der Waals surface area contributed by atoms with Crippen molar-refractivity contribution in [3.05, 3.63) is 63.2 Å². The molecule has 0 spiro atoms. The van der Waals surface area contributed by atoms with Gasteiger partial charge in [0.15, 0.2) is 0 Å². The van der Waals surface area contributed by atoms with Crippen molar-refractivity contribution in [2.45, 2.75) is 0 Å². The molecule has 5 heteroatoms. The van der Waals surface area contributed by atoms with Crippen LogP contribution in [0.1, 0.15) is 0 Å². The number of aromatic amines is 1. The van der Waals surface area contributed by atoms with E-state index in [9.17, 15) is 14.0 Å². The Labute approximate surface area is 83.6 Å². The largest absolute Gasteiger partial charge is 0.333 e. The number of aromatic nitrogens is 2. The molecule has 15 heavy (non-hydrogen) atoms. The Hall–Kier alpha value is -2.17. The van der Waals surface area contributed by atoms with Crippen LogP contribution >= 0.6 is 0 Å². The summed E-state index contributed by atoms with van der Waals surface area (Å²) in [5.74, 6) is -0.522. The molecule has 0 unspecified atom stereocenters. The van der Waals surface area contributed by atoms with Gasteiger partial charge >= 0.3 is 5.69 Å². The van der Waals surface area contributed by atoms with Crippen LogP contribution in [0.5, 0.6) is 0 Å². The van der Waals surface area contributed by atoms with Gasteiger partial charge in [-0.15, -0.1) is 0 Å². The van der Waals surface area contributed by atoms with Gasteiger partial charge in [0, 0.05) is 12.3 Å². The van der Waals surface area contributed by atoms with Gasteiger partial charge < -0.3 is 0 Å². The molecule has 4 nitrogen and oxygen atoms in total. The lowest BCUT2D eigenvalue weighted by Crippen LogP contribution is -2.27. The first kappa shape index (κ1) is 9.39. The standard InChI is InChI=1S/C10H7FN2O2/c11-7-3-1-2-4-8(7)13-6-5-9(14)12-10(13)15/h1-6H,(H,12,14,15). The van der Waals surface area contributed by atoms with E-state index >= 15 is 0 Å². The van der Waals surface area contributed by atoms with Crippen molar-refractivity contribution < 1.29 is 4.39 Å². The van der Waals surface area contributed by atoms with Gasteiger partial charge in [-0.2, -0.15) is 0 Å². The van der Waals surface area contributed by atoms with Gasteiger partial charge in [0.05, 0.1) is 5.69 Å². The van der Waals surface area contributed by atoms with E-state index < -0.39 is 17.1 Å². The van der Waals surface area contributed by atoms with E-state index in [1.54, 1.807) is 6.07 Å². The van der Waals surface area contributed by atoms with Gasteiger partial charge in [0.2, 0.25) is 0 Å². The first-order chi connectivity index (χ1) is 7.18. The molecule has 0 fully saturated rings. The zero-order valence-corrected chi connectivity index (χ0v) is 7.61. The van der Waals surface area contributed by atoms with Crippen molar-refractivity contribution in [1.29, 1.82) is 0 Å². The molecular formula is C10H7FN2O2. The third-order valence-corrected chi connectivity index (χ3v) is 1.94. The predicted octanol–water partition coefficient (Wildman–Crippen LogP) is 0.665. The molecule has 1 aromatic carbocycles. The van der Waals surface area contributed by atoms with Crippen LogP contribution in [-0.4, -0.2) is 9.55 Å².